The van der Waals surface area contributed by atoms with Gasteiger partial charge in [0.25, 0.3) is 0 Å². The Hall–Kier alpha value is -1.00. The second-order valence-corrected chi connectivity index (χ2v) is 4.21. The molecule has 0 spiro atoms. The van der Waals surface area contributed by atoms with E-state index in [0.717, 1.165) is 17.4 Å². The number of nitrogens with one attached hydrogen (secondary N) is 1. The van der Waals surface area contributed by atoms with Gasteiger partial charge in [0.15, 0.2) is 5.96 Å². The quantitative estimate of drug-likeness (QED) is 0.468. The predicted molar refractivity (Wildman–Crippen MR) is 75.2 cm³/mol. The molecule has 3 N–H and O–H groups in total. The van der Waals surface area contributed by atoms with Crippen molar-refractivity contribution in [1.29, 1.82) is 0 Å². The van der Waals surface area contributed by atoms with Crippen LogP contribution in [0, 0.1) is 0 Å². The van der Waals surface area contributed by atoms with E-state index in [1.54, 1.807) is 0 Å². The Labute approximate surface area is 125 Å². The summed E-state index contributed by atoms with van der Waals surface area (Å²) >= 11 is 0. The standard InChI is InChI=1S/C10H14F3N5.HI/c11-10(12,13)6-18-4-3-15-8(18)5-16-9(14)17-7-1-2-7;/h3-4,7H,1-2,5-6H2,(H3,14,16,17);1H. The van der Waals surface area contributed by atoms with Gasteiger partial charge in [0.1, 0.15) is 18.9 Å². The maximum Gasteiger partial charge on any atom is 0.406 e. The van der Waals surface area contributed by atoms with E-state index < -0.39 is 12.7 Å². The van der Waals surface area contributed by atoms with Gasteiger partial charge in [-0.1, -0.05) is 0 Å². The van der Waals surface area contributed by atoms with Gasteiger partial charge in [0.2, 0.25) is 0 Å². The number of nitrogens with two attached hydrogens (primary N) is 1. The number of rotatable bonds is 4. The first-order valence-electron chi connectivity index (χ1n) is 5.57. The van der Waals surface area contributed by atoms with Crippen LogP contribution in [-0.2, 0) is 13.1 Å². The second-order valence-electron chi connectivity index (χ2n) is 4.21. The van der Waals surface area contributed by atoms with Crippen LogP contribution in [0.1, 0.15) is 18.7 Å². The largest absolute Gasteiger partial charge is 0.406 e. The molecular weight excluding hydrogens is 374 g/mol. The molecule has 0 unspecified atom stereocenters. The normalized spacial score (nSPS) is 16.1. The van der Waals surface area contributed by atoms with Crippen LogP contribution in [0.15, 0.2) is 17.4 Å². The summed E-state index contributed by atoms with van der Waals surface area (Å²) in [5.74, 6) is 0.493. The third kappa shape index (κ3) is 5.66. The van der Waals surface area contributed by atoms with Crippen LogP contribution in [-0.4, -0.2) is 27.7 Å². The fourth-order valence-electron chi connectivity index (χ4n) is 1.47. The molecule has 0 bridgehead atoms. The Kier molecular flexibility index (Phi) is 5.44. The zero-order chi connectivity index (χ0) is 13.2. The molecule has 1 fully saturated rings. The minimum Gasteiger partial charge on any atom is -0.370 e. The Morgan fingerprint density at radius 3 is 2.79 bits per heavy atom. The van der Waals surface area contributed by atoms with Crippen LogP contribution in [0.4, 0.5) is 13.2 Å². The number of hydrogen-bond donors (Lipinski definition) is 2. The van der Waals surface area contributed by atoms with Crippen LogP contribution < -0.4 is 11.1 Å². The number of nitrogens with zero attached hydrogens (tertiary/aromatic N) is 3. The van der Waals surface area contributed by atoms with Crippen molar-refractivity contribution in [3.05, 3.63) is 18.2 Å². The van der Waals surface area contributed by atoms with Crippen molar-refractivity contribution in [1.82, 2.24) is 14.9 Å². The van der Waals surface area contributed by atoms with Crippen LogP contribution >= 0.6 is 24.0 Å². The molecule has 0 radical (unpaired) electrons. The molecule has 1 aromatic heterocycles. The summed E-state index contributed by atoms with van der Waals surface area (Å²) in [6, 6.07) is 0.365. The van der Waals surface area contributed by atoms with Gasteiger partial charge in [-0.2, -0.15) is 13.2 Å². The van der Waals surface area contributed by atoms with E-state index in [-0.39, 0.29) is 42.3 Å². The number of aromatic nitrogens is 2. The van der Waals surface area contributed by atoms with Gasteiger partial charge in [-0.25, -0.2) is 9.98 Å². The van der Waals surface area contributed by atoms with E-state index in [0.29, 0.717) is 6.04 Å². The summed E-state index contributed by atoms with van der Waals surface area (Å²) < 4.78 is 37.8. The minimum atomic E-state index is -4.27. The molecule has 5 nitrogen and oxygen atoms in total. The highest BCUT2D eigenvalue weighted by Gasteiger charge is 2.28. The molecule has 0 aromatic carbocycles. The first kappa shape index (κ1) is 16.1. The van der Waals surface area contributed by atoms with Crippen LogP contribution in [0.2, 0.25) is 0 Å². The van der Waals surface area contributed by atoms with E-state index in [4.69, 9.17) is 5.73 Å². The summed E-state index contributed by atoms with van der Waals surface area (Å²) in [5.41, 5.74) is 5.59. The number of imidazole rings is 1. The summed E-state index contributed by atoms with van der Waals surface area (Å²) in [6.45, 7) is -1.03. The monoisotopic (exact) mass is 389 g/mol. The molecule has 108 valence electrons. The fraction of sp³-hybridized carbons (Fsp3) is 0.600. The van der Waals surface area contributed by atoms with Crippen molar-refractivity contribution >= 4 is 29.9 Å². The molecular formula is C10H15F3IN5. The van der Waals surface area contributed by atoms with Crippen molar-refractivity contribution in [2.24, 2.45) is 10.7 Å². The van der Waals surface area contributed by atoms with E-state index in [1.165, 1.54) is 12.4 Å². The highest BCUT2D eigenvalue weighted by Crippen LogP contribution is 2.19. The molecule has 9 heteroatoms. The molecule has 1 aliphatic rings. The number of aliphatic imine (C=N–C) groups is 1. The Morgan fingerprint density at radius 2 is 2.21 bits per heavy atom. The molecule has 19 heavy (non-hydrogen) atoms. The number of alkyl halides is 3. The van der Waals surface area contributed by atoms with Gasteiger partial charge in [0.05, 0.1) is 0 Å². The average molecular weight is 389 g/mol. The number of guanidine groups is 1. The molecule has 0 saturated heterocycles. The van der Waals surface area contributed by atoms with Crippen molar-refractivity contribution in [2.75, 3.05) is 0 Å². The molecule has 0 amide bonds. The van der Waals surface area contributed by atoms with Gasteiger partial charge >= 0.3 is 6.18 Å². The van der Waals surface area contributed by atoms with Gasteiger partial charge in [-0.15, -0.1) is 24.0 Å². The lowest BCUT2D eigenvalue weighted by molar-refractivity contribution is -0.141. The van der Waals surface area contributed by atoms with Crippen molar-refractivity contribution in [3.63, 3.8) is 0 Å². The lowest BCUT2D eigenvalue weighted by Gasteiger charge is -2.09. The fourth-order valence-corrected chi connectivity index (χ4v) is 1.47. The van der Waals surface area contributed by atoms with Crippen molar-refractivity contribution < 1.29 is 13.2 Å². The SMILES string of the molecule is I.NC(=NCc1nccn1CC(F)(F)F)NC1CC1. The summed E-state index contributed by atoms with van der Waals surface area (Å²) in [4.78, 5) is 7.81. The topological polar surface area (TPSA) is 68.2 Å². The first-order valence-corrected chi connectivity index (χ1v) is 5.57. The minimum absolute atomic E-state index is 0. The van der Waals surface area contributed by atoms with Gasteiger partial charge in [0, 0.05) is 18.4 Å². The van der Waals surface area contributed by atoms with Crippen molar-refractivity contribution in [3.8, 4) is 0 Å². The van der Waals surface area contributed by atoms with Crippen molar-refractivity contribution in [2.45, 2.75) is 38.1 Å². The Balaban J connectivity index is 0.00000180. The van der Waals surface area contributed by atoms with Gasteiger partial charge < -0.3 is 15.6 Å². The van der Waals surface area contributed by atoms with E-state index in [1.807, 2.05) is 0 Å². The first-order chi connectivity index (χ1) is 8.44. The van der Waals surface area contributed by atoms with Gasteiger partial charge in [-0.3, -0.25) is 0 Å². The highest BCUT2D eigenvalue weighted by molar-refractivity contribution is 14.0. The third-order valence-electron chi connectivity index (χ3n) is 2.47. The summed E-state index contributed by atoms with van der Waals surface area (Å²) in [7, 11) is 0. The van der Waals surface area contributed by atoms with Gasteiger partial charge in [-0.05, 0) is 12.8 Å². The lowest BCUT2D eigenvalue weighted by atomic mass is 10.5. The third-order valence-corrected chi connectivity index (χ3v) is 2.47. The zero-order valence-corrected chi connectivity index (χ0v) is 12.4. The molecule has 1 aliphatic carbocycles. The lowest BCUT2D eigenvalue weighted by Crippen LogP contribution is -2.33. The summed E-state index contributed by atoms with van der Waals surface area (Å²) in [5, 5.41) is 2.95. The Morgan fingerprint density at radius 1 is 1.53 bits per heavy atom. The molecule has 0 atom stereocenters. The molecule has 0 aliphatic heterocycles. The predicted octanol–water partition coefficient (Wildman–Crippen LogP) is 1.63. The molecule has 1 heterocycles. The molecule has 2 rings (SSSR count). The highest BCUT2D eigenvalue weighted by atomic mass is 127. The molecule has 1 saturated carbocycles. The summed E-state index contributed by atoms with van der Waals surface area (Å²) in [6.07, 6.45) is 0.443. The maximum atomic E-state index is 12.3. The molecule has 1 aromatic rings. The van der Waals surface area contributed by atoms with E-state index >= 15 is 0 Å². The smallest absolute Gasteiger partial charge is 0.370 e. The zero-order valence-electron chi connectivity index (χ0n) is 10.0. The number of halogens is 4. The maximum absolute atomic E-state index is 12.3. The second kappa shape index (κ2) is 6.44. The van der Waals surface area contributed by atoms with E-state index in [2.05, 4.69) is 15.3 Å². The van der Waals surface area contributed by atoms with Crippen LogP contribution in [0.3, 0.4) is 0 Å². The van der Waals surface area contributed by atoms with Crippen LogP contribution in [0.5, 0.6) is 0 Å². The van der Waals surface area contributed by atoms with E-state index in [9.17, 15) is 13.2 Å². The Bertz CT molecular complexity index is 439. The average Bonchev–Trinajstić information content (AvgIpc) is 2.94. The number of hydrogen-bond acceptors (Lipinski definition) is 2. The van der Waals surface area contributed by atoms with Crippen LogP contribution in [0.25, 0.3) is 0 Å².